The van der Waals surface area contributed by atoms with E-state index in [-0.39, 0.29) is 0 Å². The van der Waals surface area contributed by atoms with Crippen LogP contribution in [0.25, 0.3) is 0 Å². The van der Waals surface area contributed by atoms with E-state index in [1.165, 1.54) is 5.69 Å². The molecule has 0 aliphatic carbocycles. The molecule has 2 rings (SSSR count). The molecule has 1 aliphatic heterocycles. The highest BCUT2D eigenvalue weighted by Crippen LogP contribution is 2.17. The predicted octanol–water partition coefficient (Wildman–Crippen LogP) is 0.441. The lowest BCUT2D eigenvalue weighted by Gasteiger charge is -2.34. The first kappa shape index (κ1) is 13.4. The fourth-order valence-corrected chi connectivity index (χ4v) is 2.04. The molecule has 1 heterocycles. The number of hydrazone groups is 1. The van der Waals surface area contributed by atoms with Crippen molar-refractivity contribution in [2.24, 2.45) is 10.8 Å². The summed E-state index contributed by atoms with van der Waals surface area (Å²) in [5, 5.41) is 3.76. The van der Waals surface area contributed by atoms with E-state index in [0.717, 1.165) is 31.7 Å². The Hall–Kier alpha value is -2.08. The lowest BCUT2D eigenvalue weighted by molar-refractivity contribution is 0.249. The van der Waals surface area contributed by atoms with E-state index >= 15 is 0 Å². The number of piperazine rings is 1. The molecular formula is C13H19N5O. The molecule has 102 valence electrons. The SMILES string of the molecule is CN1CCN(c2cccc(C=NNC(N)=O)c2)CC1. The van der Waals surface area contributed by atoms with Gasteiger partial charge in [-0.3, -0.25) is 0 Å². The number of nitrogens with one attached hydrogen (secondary N) is 1. The van der Waals surface area contributed by atoms with Crippen molar-refractivity contribution in [1.29, 1.82) is 0 Å². The van der Waals surface area contributed by atoms with Crippen LogP contribution in [0.1, 0.15) is 5.56 Å². The molecule has 1 fully saturated rings. The van der Waals surface area contributed by atoms with Crippen LogP contribution in [0.4, 0.5) is 10.5 Å². The third-order valence-corrected chi connectivity index (χ3v) is 3.13. The Balaban J connectivity index is 2.02. The van der Waals surface area contributed by atoms with E-state index in [4.69, 9.17) is 5.73 Å². The number of nitrogens with zero attached hydrogens (tertiary/aromatic N) is 3. The van der Waals surface area contributed by atoms with Gasteiger partial charge in [0.2, 0.25) is 0 Å². The van der Waals surface area contributed by atoms with E-state index in [0.29, 0.717) is 0 Å². The quantitative estimate of drug-likeness (QED) is 0.612. The molecule has 0 spiro atoms. The van der Waals surface area contributed by atoms with Gasteiger partial charge >= 0.3 is 6.03 Å². The van der Waals surface area contributed by atoms with E-state index in [2.05, 4.69) is 39.5 Å². The number of primary amides is 1. The van der Waals surface area contributed by atoms with Crippen LogP contribution in [-0.4, -0.2) is 50.4 Å². The number of nitrogens with two attached hydrogens (primary N) is 1. The van der Waals surface area contributed by atoms with Crippen molar-refractivity contribution in [2.75, 3.05) is 38.1 Å². The van der Waals surface area contributed by atoms with E-state index in [9.17, 15) is 4.79 Å². The molecule has 1 aromatic rings. The molecule has 3 N–H and O–H groups in total. The van der Waals surface area contributed by atoms with Gasteiger partial charge in [-0.15, -0.1) is 0 Å². The topological polar surface area (TPSA) is 74.0 Å². The molecule has 0 saturated carbocycles. The minimum Gasteiger partial charge on any atom is -0.369 e. The second-order valence-electron chi connectivity index (χ2n) is 4.62. The van der Waals surface area contributed by atoms with Crippen LogP contribution in [0.5, 0.6) is 0 Å². The molecule has 0 radical (unpaired) electrons. The Morgan fingerprint density at radius 2 is 2.11 bits per heavy atom. The number of hydrogen-bond acceptors (Lipinski definition) is 4. The first-order chi connectivity index (χ1) is 9.15. The second-order valence-corrected chi connectivity index (χ2v) is 4.62. The summed E-state index contributed by atoms with van der Waals surface area (Å²) < 4.78 is 0. The average molecular weight is 261 g/mol. The highest BCUT2D eigenvalue weighted by molar-refractivity contribution is 5.82. The summed E-state index contributed by atoms with van der Waals surface area (Å²) in [5.74, 6) is 0. The number of amides is 2. The Kier molecular flexibility index (Phi) is 4.35. The van der Waals surface area contributed by atoms with Crippen molar-refractivity contribution in [3.63, 3.8) is 0 Å². The van der Waals surface area contributed by atoms with Crippen LogP contribution in [0.2, 0.25) is 0 Å². The number of carbonyl (C=O) groups is 1. The molecule has 0 aromatic heterocycles. The van der Waals surface area contributed by atoms with Gasteiger partial charge < -0.3 is 15.5 Å². The Morgan fingerprint density at radius 1 is 1.37 bits per heavy atom. The average Bonchev–Trinajstić information content (AvgIpc) is 2.39. The fraction of sp³-hybridized carbons (Fsp3) is 0.385. The Morgan fingerprint density at radius 3 is 2.79 bits per heavy atom. The third kappa shape index (κ3) is 3.96. The zero-order chi connectivity index (χ0) is 13.7. The van der Waals surface area contributed by atoms with Crippen molar-refractivity contribution in [2.45, 2.75) is 0 Å². The van der Waals surface area contributed by atoms with Gasteiger partial charge in [0.25, 0.3) is 0 Å². The van der Waals surface area contributed by atoms with Gasteiger partial charge in [-0.05, 0) is 24.7 Å². The molecule has 2 amide bonds. The number of rotatable bonds is 3. The van der Waals surface area contributed by atoms with Gasteiger partial charge in [0.1, 0.15) is 0 Å². The first-order valence-electron chi connectivity index (χ1n) is 6.27. The second kappa shape index (κ2) is 6.19. The first-order valence-corrected chi connectivity index (χ1v) is 6.27. The van der Waals surface area contributed by atoms with Crippen molar-refractivity contribution < 1.29 is 4.79 Å². The van der Waals surface area contributed by atoms with Crippen molar-refractivity contribution in [3.8, 4) is 0 Å². The van der Waals surface area contributed by atoms with Gasteiger partial charge in [-0.25, -0.2) is 10.2 Å². The summed E-state index contributed by atoms with van der Waals surface area (Å²) in [6.07, 6.45) is 1.59. The molecule has 0 atom stereocenters. The monoisotopic (exact) mass is 261 g/mol. The minimum atomic E-state index is -0.661. The highest BCUT2D eigenvalue weighted by Gasteiger charge is 2.13. The van der Waals surface area contributed by atoms with Crippen LogP contribution in [-0.2, 0) is 0 Å². The normalized spacial score (nSPS) is 16.8. The highest BCUT2D eigenvalue weighted by atomic mass is 16.2. The maximum atomic E-state index is 10.5. The summed E-state index contributed by atoms with van der Waals surface area (Å²) in [7, 11) is 2.13. The lowest BCUT2D eigenvalue weighted by atomic mass is 10.2. The Bertz CT molecular complexity index is 466. The fourth-order valence-electron chi connectivity index (χ4n) is 2.04. The van der Waals surface area contributed by atoms with Crippen molar-refractivity contribution >= 4 is 17.9 Å². The standard InChI is InChI=1S/C13H19N5O/c1-17-5-7-18(8-6-17)12-4-2-3-11(9-12)10-15-16-13(14)19/h2-4,9-10H,5-8H2,1H3,(H3,14,16,19). The maximum absolute atomic E-state index is 10.5. The number of likely N-dealkylation sites (N-methyl/N-ethyl adjacent to an activating group) is 1. The molecule has 1 aliphatic rings. The van der Waals surface area contributed by atoms with Crippen molar-refractivity contribution in [3.05, 3.63) is 29.8 Å². The zero-order valence-corrected chi connectivity index (χ0v) is 11.0. The van der Waals surface area contributed by atoms with Crippen molar-refractivity contribution in [1.82, 2.24) is 10.3 Å². The molecule has 0 unspecified atom stereocenters. The van der Waals surface area contributed by atoms with Crippen LogP contribution >= 0.6 is 0 Å². The molecule has 1 saturated heterocycles. The summed E-state index contributed by atoms with van der Waals surface area (Å²) in [6.45, 7) is 4.19. The molecule has 6 heteroatoms. The van der Waals surface area contributed by atoms with Gasteiger partial charge in [-0.1, -0.05) is 12.1 Å². The summed E-state index contributed by atoms with van der Waals surface area (Å²) >= 11 is 0. The molecule has 0 bridgehead atoms. The van der Waals surface area contributed by atoms with Crippen LogP contribution in [0, 0.1) is 0 Å². The summed E-state index contributed by atoms with van der Waals surface area (Å²) in [6, 6.07) is 7.40. The van der Waals surface area contributed by atoms with E-state index in [1.54, 1.807) is 6.21 Å². The smallest absolute Gasteiger partial charge is 0.332 e. The minimum absolute atomic E-state index is 0.661. The van der Waals surface area contributed by atoms with Gasteiger partial charge in [0, 0.05) is 31.9 Å². The number of benzene rings is 1. The third-order valence-electron chi connectivity index (χ3n) is 3.13. The van der Waals surface area contributed by atoms with Crippen LogP contribution in [0.15, 0.2) is 29.4 Å². The predicted molar refractivity (Wildman–Crippen MR) is 76.5 cm³/mol. The van der Waals surface area contributed by atoms with E-state index < -0.39 is 6.03 Å². The zero-order valence-electron chi connectivity index (χ0n) is 11.0. The number of urea groups is 1. The molecule has 1 aromatic carbocycles. The van der Waals surface area contributed by atoms with Crippen LogP contribution in [0.3, 0.4) is 0 Å². The number of carbonyl (C=O) groups excluding carboxylic acids is 1. The van der Waals surface area contributed by atoms with Gasteiger partial charge in [0.05, 0.1) is 6.21 Å². The largest absolute Gasteiger partial charge is 0.369 e. The summed E-state index contributed by atoms with van der Waals surface area (Å²) in [5.41, 5.74) is 9.24. The number of anilines is 1. The summed E-state index contributed by atoms with van der Waals surface area (Å²) in [4.78, 5) is 15.2. The lowest BCUT2D eigenvalue weighted by Crippen LogP contribution is -2.44. The van der Waals surface area contributed by atoms with E-state index in [1.807, 2.05) is 12.1 Å². The molecule has 19 heavy (non-hydrogen) atoms. The van der Waals surface area contributed by atoms with Gasteiger partial charge in [0.15, 0.2) is 0 Å². The van der Waals surface area contributed by atoms with Crippen LogP contribution < -0.4 is 16.1 Å². The van der Waals surface area contributed by atoms with Gasteiger partial charge in [-0.2, -0.15) is 5.10 Å². The molecular weight excluding hydrogens is 242 g/mol. The maximum Gasteiger partial charge on any atom is 0.332 e. The Labute approximate surface area is 112 Å². The number of hydrogen-bond donors (Lipinski definition) is 2. The molecule has 6 nitrogen and oxygen atoms in total.